The SMILES string of the molecule is CC=Cc1ccc(C2CCC(c3ccc(-c4ccc(OCC)c(F)c4F)c(F)c3F)OC2)c(F)c1F. The Kier molecular flexibility index (Phi) is 7.73. The topological polar surface area (TPSA) is 18.5 Å². The Labute approximate surface area is 205 Å². The van der Waals surface area contributed by atoms with Crippen LogP contribution in [-0.2, 0) is 4.74 Å². The molecule has 1 fully saturated rings. The fraction of sp³-hybridized carbons (Fsp3) is 0.286. The van der Waals surface area contributed by atoms with Crippen LogP contribution in [0, 0.1) is 34.9 Å². The van der Waals surface area contributed by atoms with Crippen molar-refractivity contribution < 1.29 is 35.8 Å². The summed E-state index contributed by atoms with van der Waals surface area (Å²) in [4.78, 5) is 0. The van der Waals surface area contributed by atoms with E-state index < -0.39 is 58.1 Å². The van der Waals surface area contributed by atoms with Crippen molar-refractivity contribution in [3.8, 4) is 16.9 Å². The smallest absolute Gasteiger partial charge is 0.201 e. The van der Waals surface area contributed by atoms with Crippen molar-refractivity contribution in [2.75, 3.05) is 13.2 Å². The van der Waals surface area contributed by atoms with Crippen LogP contribution < -0.4 is 4.74 Å². The van der Waals surface area contributed by atoms with Gasteiger partial charge in [-0.15, -0.1) is 0 Å². The summed E-state index contributed by atoms with van der Waals surface area (Å²) in [5.74, 6) is -7.90. The van der Waals surface area contributed by atoms with Crippen molar-refractivity contribution in [2.45, 2.75) is 38.7 Å². The molecule has 190 valence electrons. The Bertz CT molecular complexity index is 1300. The van der Waals surface area contributed by atoms with Crippen molar-refractivity contribution in [3.05, 3.63) is 94.1 Å². The van der Waals surface area contributed by atoms with Crippen molar-refractivity contribution >= 4 is 6.08 Å². The molecular formula is C28H24F6O2. The lowest BCUT2D eigenvalue weighted by atomic mass is 9.88. The van der Waals surface area contributed by atoms with Crippen LogP contribution >= 0.6 is 0 Å². The molecule has 8 heteroatoms. The van der Waals surface area contributed by atoms with E-state index in [1.165, 1.54) is 24.3 Å². The molecule has 1 aliphatic heterocycles. The molecule has 0 aliphatic carbocycles. The summed E-state index contributed by atoms with van der Waals surface area (Å²) >= 11 is 0. The Morgan fingerprint density at radius 1 is 0.778 bits per heavy atom. The number of allylic oxidation sites excluding steroid dienone is 1. The van der Waals surface area contributed by atoms with Crippen LogP contribution in [0.25, 0.3) is 17.2 Å². The molecule has 0 radical (unpaired) electrons. The normalized spacial score (nSPS) is 18.1. The predicted molar refractivity (Wildman–Crippen MR) is 125 cm³/mol. The molecule has 1 heterocycles. The summed E-state index contributed by atoms with van der Waals surface area (Å²) < 4.78 is 98.4. The Morgan fingerprint density at radius 2 is 1.42 bits per heavy atom. The molecule has 3 aromatic carbocycles. The lowest BCUT2D eigenvalue weighted by Crippen LogP contribution is -2.21. The van der Waals surface area contributed by atoms with E-state index in [4.69, 9.17) is 9.47 Å². The predicted octanol–water partition coefficient (Wildman–Crippen LogP) is 8.26. The molecule has 4 rings (SSSR count). The Morgan fingerprint density at radius 3 is 2.06 bits per heavy atom. The first-order valence-corrected chi connectivity index (χ1v) is 11.6. The molecule has 1 aliphatic rings. The van der Waals surface area contributed by atoms with Gasteiger partial charge in [-0.25, -0.2) is 22.0 Å². The summed E-state index contributed by atoms with van der Waals surface area (Å²) in [6.45, 7) is 3.39. The first kappa shape index (κ1) is 25.8. The van der Waals surface area contributed by atoms with Gasteiger partial charge < -0.3 is 9.47 Å². The van der Waals surface area contributed by atoms with E-state index in [-0.39, 0.29) is 42.1 Å². The maximum Gasteiger partial charge on any atom is 0.201 e. The quantitative estimate of drug-likeness (QED) is 0.314. The number of ether oxygens (including phenoxy) is 2. The second-order valence-corrected chi connectivity index (χ2v) is 8.47. The molecule has 1 saturated heterocycles. The van der Waals surface area contributed by atoms with E-state index in [0.717, 1.165) is 18.2 Å². The first-order valence-electron chi connectivity index (χ1n) is 11.6. The largest absolute Gasteiger partial charge is 0.491 e. The molecule has 0 saturated carbocycles. The van der Waals surface area contributed by atoms with Gasteiger partial charge in [-0.3, -0.25) is 0 Å². The second-order valence-electron chi connectivity index (χ2n) is 8.47. The van der Waals surface area contributed by atoms with E-state index >= 15 is 4.39 Å². The number of rotatable bonds is 6. The van der Waals surface area contributed by atoms with E-state index in [2.05, 4.69) is 0 Å². The average molecular weight is 506 g/mol. The lowest BCUT2D eigenvalue weighted by Gasteiger charge is -2.30. The summed E-state index contributed by atoms with van der Waals surface area (Å²) in [6.07, 6.45) is 2.81. The molecule has 0 amide bonds. The Hall–Kier alpha value is -3.26. The van der Waals surface area contributed by atoms with Gasteiger partial charge in [-0.1, -0.05) is 36.4 Å². The average Bonchev–Trinajstić information content (AvgIpc) is 2.88. The van der Waals surface area contributed by atoms with Crippen LogP contribution in [0.1, 0.15) is 55.4 Å². The molecule has 2 unspecified atom stereocenters. The minimum atomic E-state index is -1.35. The van der Waals surface area contributed by atoms with Gasteiger partial charge in [0.25, 0.3) is 0 Å². The van der Waals surface area contributed by atoms with E-state index in [0.29, 0.717) is 6.42 Å². The van der Waals surface area contributed by atoms with E-state index in [1.807, 2.05) is 0 Å². The summed E-state index contributed by atoms with van der Waals surface area (Å²) in [7, 11) is 0. The van der Waals surface area contributed by atoms with Gasteiger partial charge in [0.05, 0.1) is 19.3 Å². The number of hydrogen-bond donors (Lipinski definition) is 0. The molecule has 0 bridgehead atoms. The zero-order valence-electron chi connectivity index (χ0n) is 19.7. The van der Waals surface area contributed by atoms with Gasteiger partial charge in [-0.2, -0.15) is 4.39 Å². The van der Waals surface area contributed by atoms with Crippen molar-refractivity contribution in [1.82, 2.24) is 0 Å². The van der Waals surface area contributed by atoms with Crippen LogP contribution in [0.5, 0.6) is 5.75 Å². The van der Waals surface area contributed by atoms with Crippen LogP contribution in [-0.4, -0.2) is 13.2 Å². The Balaban J connectivity index is 1.54. The minimum Gasteiger partial charge on any atom is -0.491 e. The minimum absolute atomic E-state index is 0.0223. The summed E-state index contributed by atoms with van der Waals surface area (Å²) in [5, 5.41) is 0. The molecule has 0 spiro atoms. The lowest BCUT2D eigenvalue weighted by molar-refractivity contribution is -0.000634. The molecule has 0 N–H and O–H groups in total. The number of hydrogen-bond acceptors (Lipinski definition) is 2. The highest BCUT2D eigenvalue weighted by Crippen LogP contribution is 2.40. The first-order chi connectivity index (χ1) is 17.3. The highest BCUT2D eigenvalue weighted by molar-refractivity contribution is 5.66. The van der Waals surface area contributed by atoms with Gasteiger partial charge >= 0.3 is 0 Å². The van der Waals surface area contributed by atoms with Gasteiger partial charge in [-0.05, 0) is 44.4 Å². The monoisotopic (exact) mass is 506 g/mol. The third-order valence-electron chi connectivity index (χ3n) is 6.30. The van der Waals surface area contributed by atoms with E-state index in [9.17, 15) is 22.0 Å². The van der Waals surface area contributed by atoms with Crippen molar-refractivity contribution in [1.29, 1.82) is 0 Å². The van der Waals surface area contributed by atoms with Crippen molar-refractivity contribution in [2.24, 2.45) is 0 Å². The maximum absolute atomic E-state index is 15.0. The van der Waals surface area contributed by atoms with Crippen LogP contribution in [0.15, 0.2) is 42.5 Å². The molecule has 2 nitrogen and oxygen atoms in total. The fourth-order valence-corrected chi connectivity index (χ4v) is 4.47. The summed E-state index contributed by atoms with van der Waals surface area (Å²) in [6, 6.07) is 7.69. The molecular weight excluding hydrogens is 482 g/mol. The second kappa shape index (κ2) is 10.8. The van der Waals surface area contributed by atoms with Gasteiger partial charge in [0.15, 0.2) is 34.8 Å². The van der Waals surface area contributed by atoms with Crippen molar-refractivity contribution in [3.63, 3.8) is 0 Å². The van der Waals surface area contributed by atoms with Gasteiger partial charge in [0, 0.05) is 28.2 Å². The zero-order valence-corrected chi connectivity index (χ0v) is 19.7. The third-order valence-corrected chi connectivity index (χ3v) is 6.30. The van der Waals surface area contributed by atoms with Crippen LogP contribution in [0.4, 0.5) is 26.3 Å². The highest BCUT2D eigenvalue weighted by Gasteiger charge is 2.30. The van der Waals surface area contributed by atoms with Gasteiger partial charge in [0.1, 0.15) is 0 Å². The van der Waals surface area contributed by atoms with Crippen LogP contribution in [0.3, 0.4) is 0 Å². The standard InChI is InChI=1S/C28H24F6O2/c1-3-5-15-6-8-17(24(30)23(15)29)16-7-12-21(36-14-16)20-10-9-18(25(31)27(20)33)19-11-13-22(35-4-2)28(34)26(19)32/h3,5-6,8-11,13,16,21H,4,7,12,14H2,1-2H3. The van der Waals surface area contributed by atoms with Gasteiger partial charge in [0.2, 0.25) is 5.82 Å². The molecule has 3 aromatic rings. The van der Waals surface area contributed by atoms with Crippen LogP contribution in [0.2, 0.25) is 0 Å². The summed E-state index contributed by atoms with van der Waals surface area (Å²) in [5.41, 5.74) is -0.675. The zero-order chi connectivity index (χ0) is 26.0. The maximum atomic E-state index is 15.0. The molecule has 2 atom stereocenters. The molecule has 36 heavy (non-hydrogen) atoms. The number of benzene rings is 3. The molecule has 0 aromatic heterocycles. The highest BCUT2D eigenvalue weighted by atomic mass is 19.2. The van der Waals surface area contributed by atoms with E-state index in [1.54, 1.807) is 19.9 Å². The fourth-order valence-electron chi connectivity index (χ4n) is 4.47. The number of halogens is 6. The third kappa shape index (κ3) is 4.74.